The summed E-state index contributed by atoms with van der Waals surface area (Å²) >= 11 is 0. The molecule has 3 aromatic carbocycles. The molecule has 0 spiro atoms. The van der Waals surface area contributed by atoms with Gasteiger partial charge >= 0.3 is 0 Å². The van der Waals surface area contributed by atoms with Crippen molar-refractivity contribution in [3.63, 3.8) is 0 Å². The zero-order valence-electron chi connectivity index (χ0n) is 14.7. The van der Waals surface area contributed by atoms with E-state index < -0.39 is 0 Å². The van der Waals surface area contributed by atoms with Crippen LogP contribution in [0.2, 0.25) is 0 Å². The molecule has 1 aliphatic rings. The Bertz CT molecular complexity index is 1020. The molecule has 0 bridgehead atoms. The van der Waals surface area contributed by atoms with Crippen molar-refractivity contribution in [2.24, 2.45) is 0 Å². The number of ether oxygens (including phenoxy) is 2. The van der Waals surface area contributed by atoms with Gasteiger partial charge in [-0.1, -0.05) is 42.5 Å². The van der Waals surface area contributed by atoms with Crippen LogP contribution in [0.4, 0.5) is 4.39 Å². The molecule has 0 aliphatic carbocycles. The molecular weight excluding hydrogens is 343 g/mol. The molecule has 3 aromatic rings. The second-order valence-electron chi connectivity index (χ2n) is 6.38. The van der Waals surface area contributed by atoms with Crippen LogP contribution in [0.1, 0.15) is 27.0 Å². The van der Waals surface area contributed by atoms with Crippen LogP contribution in [-0.2, 0) is 6.61 Å². The van der Waals surface area contributed by atoms with Crippen molar-refractivity contribution in [2.75, 3.05) is 0 Å². The van der Waals surface area contributed by atoms with Crippen LogP contribution in [-0.4, -0.2) is 5.78 Å². The molecule has 1 aliphatic heterocycles. The largest absolute Gasteiger partial charge is 0.489 e. The van der Waals surface area contributed by atoms with Crippen LogP contribution in [0.25, 0.3) is 6.08 Å². The van der Waals surface area contributed by atoms with Crippen LogP contribution in [0.15, 0.2) is 72.5 Å². The van der Waals surface area contributed by atoms with E-state index >= 15 is 0 Å². The molecule has 0 amide bonds. The molecule has 4 heteroatoms. The average Bonchev–Trinajstić information content (AvgIpc) is 2.98. The molecule has 4 rings (SSSR count). The van der Waals surface area contributed by atoms with E-state index in [-0.39, 0.29) is 17.4 Å². The lowest BCUT2D eigenvalue weighted by atomic mass is 10.0. The molecule has 1 heterocycles. The highest BCUT2D eigenvalue weighted by molar-refractivity contribution is 6.15. The Labute approximate surface area is 156 Å². The summed E-state index contributed by atoms with van der Waals surface area (Å²) in [5.74, 6) is 0.846. The number of Topliss-reactive ketones (excluding diaryl/α,β-unsaturated/α-hetero) is 1. The fraction of sp³-hybridized carbons (Fsp3) is 0.0870. The smallest absolute Gasteiger partial charge is 0.232 e. The molecule has 0 N–H and O–H groups in total. The highest BCUT2D eigenvalue weighted by Crippen LogP contribution is 2.37. The van der Waals surface area contributed by atoms with Crippen LogP contribution in [0.5, 0.6) is 11.5 Å². The van der Waals surface area contributed by atoms with Gasteiger partial charge in [-0.3, -0.25) is 4.79 Å². The number of carbonyl (C=O) groups is 1. The van der Waals surface area contributed by atoms with Gasteiger partial charge in [-0.25, -0.2) is 4.39 Å². The van der Waals surface area contributed by atoms with Crippen molar-refractivity contribution in [1.29, 1.82) is 0 Å². The van der Waals surface area contributed by atoms with Crippen LogP contribution < -0.4 is 9.47 Å². The summed E-state index contributed by atoms with van der Waals surface area (Å²) in [6.07, 6.45) is 1.62. The van der Waals surface area contributed by atoms with E-state index in [4.69, 9.17) is 9.47 Å². The molecule has 134 valence electrons. The minimum atomic E-state index is -0.324. The van der Waals surface area contributed by atoms with Gasteiger partial charge < -0.3 is 9.47 Å². The Morgan fingerprint density at radius 1 is 1.04 bits per heavy atom. The van der Waals surface area contributed by atoms with Gasteiger partial charge in [0.25, 0.3) is 0 Å². The predicted octanol–water partition coefficient (Wildman–Crippen LogP) is 5.33. The lowest BCUT2D eigenvalue weighted by Gasteiger charge is -2.09. The Morgan fingerprint density at radius 3 is 2.52 bits per heavy atom. The van der Waals surface area contributed by atoms with Gasteiger partial charge in [-0.2, -0.15) is 0 Å². The minimum absolute atomic E-state index is 0.179. The molecule has 3 nitrogen and oxygen atoms in total. The Hall–Kier alpha value is -3.40. The number of hydrogen-bond donors (Lipinski definition) is 0. The van der Waals surface area contributed by atoms with Crippen molar-refractivity contribution in [3.8, 4) is 11.5 Å². The maximum absolute atomic E-state index is 13.1. The van der Waals surface area contributed by atoms with Crippen LogP contribution in [0.3, 0.4) is 0 Å². The van der Waals surface area contributed by atoms with Crippen molar-refractivity contribution in [1.82, 2.24) is 0 Å². The van der Waals surface area contributed by atoms with Gasteiger partial charge in [-0.05, 0) is 47.9 Å². The number of benzene rings is 3. The van der Waals surface area contributed by atoms with Gasteiger partial charge in [0.15, 0.2) is 5.76 Å². The Balaban J connectivity index is 1.57. The standard InChI is InChI=1S/C23H17FO3/c1-15-11-19(26-14-17-5-3-2-4-6-17)13-20-22(15)23(25)21(27-20)12-16-7-9-18(24)10-8-16/h2-13H,14H2,1H3/b21-12-. The normalized spacial score (nSPS) is 14.1. The Kier molecular flexibility index (Phi) is 4.47. The third-order valence-corrected chi connectivity index (χ3v) is 4.36. The van der Waals surface area contributed by atoms with Crippen molar-refractivity contribution in [3.05, 3.63) is 101 Å². The number of allylic oxidation sites excluding steroid dienone is 1. The third-order valence-electron chi connectivity index (χ3n) is 4.36. The first-order chi connectivity index (χ1) is 13.1. The lowest BCUT2D eigenvalue weighted by molar-refractivity contribution is 0.101. The fourth-order valence-corrected chi connectivity index (χ4v) is 3.01. The first kappa shape index (κ1) is 17.0. The molecule has 0 saturated carbocycles. The second-order valence-corrected chi connectivity index (χ2v) is 6.38. The maximum atomic E-state index is 13.1. The zero-order chi connectivity index (χ0) is 18.8. The molecule has 0 aromatic heterocycles. The predicted molar refractivity (Wildman–Crippen MR) is 101 cm³/mol. The number of rotatable bonds is 4. The molecule has 0 atom stereocenters. The van der Waals surface area contributed by atoms with Gasteiger partial charge in [-0.15, -0.1) is 0 Å². The van der Waals surface area contributed by atoms with Crippen LogP contribution in [0, 0.1) is 12.7 Å². The summed E-state index contributed by atoms with van der Waals surface area (Å²) in [6, 6.07) is 19.3. The number of halogens is 1. The number of aryl methyl sites for hydroxylation is 1. The highest BCUT2D eigenvalue weighted by Gasteiger charge is 2.30. The molecule has 0 saturated heterocycles. The summed E-state index contributed by atoms with van der Waals surface area (Å²) in [5.41, 5.74) is 3.09. The van der Waals surface area contributed by atoms with E-state index in [1.54, 1.807) is 24.3 Å². The van der Waals surface area contributed by atoms with Crippen molar-refractivity contribution in [2.45, 2.75) is 13.5 Å². The van der Waals surface area contributed by atoms with E-state index in [9.17, 15) is 9.18 Å². The topological polar surface area (TPSA) is 35.5 Å². The lowest BCUT2D eigenvalue weighted by Crippen LogP contribution is -2.00. The average molecular weight is 360 g/mol. The number of hydrogen-bond acceptors (Lipinski definition) is 3. The van der Waals surface area contributed by atoms with Crippen molar-refractivity contribution >= 4 is 11.9 Å². The molecule has 0 fully saturated rings. The maximum Gasteiger partial charge on any atom is 0.232 e. The molecule has 0 unspecified atom stereocenters. The minimum Gasteiger partial charge on any atom is -0.489 e. The summed E-state index contributed by atoms with van der Waals surface area (Å²) < 4.78 is 24.7. The number of fused-ring (bicyclic) bond motifs is 1. The first-order valence-corrected chi connectivity index (χ1v) is 8.61. The van der Waals surface area contributed by atoms with Gasteiger partial charge in [0.05, 0.1) is 5.56 Å². The molecule has 27 heavy (non-hydrogen) atoms. The van der Waals surface area contributed by atoms with E-state index in [0.29, 0.717) is 29.2 Å². The summed E-state index contributed by atoms with van der Waals surface area (Å²) in [7, 11) is 0. The summed E-state index contributed by atoms with van der Waals surface area (Å²) in [5, 5.41) is 0. The van der Waals surface area contributed by atoms with E-state index in [1.165, 1.54) is 12.1 Å². The first-order valence-electron chi connectivity index (χ1n) is 8.61. The second kappa shape index (κ2) is 7.08. The van der Waals surface area contributed by atoms with E-state index in [2.05, 4.69) is 0 Å². The fourth-order valence-electron chi connectivity index (χ4n) is 3.01. The molecular formula is C23H17FO3. The zero-order valence-corrected chi connectivity index (χ0v) is 14.7. The summed E-state index contributed by atoms with van der Waals surface area (Å²) in [6.45, 7) is 2.29. The monoisotopic (exact) mass is 360 g/mol. The quantitative estimate of drug-likeness (QED) is 0.590. The van der Waals surface area contributed by atoms with E-state index in [1.807, 2.05) is 43.3 Å². The SMILES string of the molecule is Cc1cc(OCc2ccccc2)cc2c1C(=O)/C(=C/c1ccc(F)cc1)O2. The number of ketones is 1. The van der Waals surface area contributed by atoms with E-state index in [0.717, 1.165) is 11.1 Å². The van der Waals surface area contributed by atoms with Crippen LogP contribution >= 0.6 is 0 Å². The summed E-state index contributed by atoms with van der Waals surface area (Å²) in [4.78, 5) is 12.7. The van der Waals surface area contributed by atoms with Gasteiger partial charge in [0, 0.05) is 6.07 Å². The van der Waals surface area contributed by atoms with Gasteiger partial charge in [0.2, 0.25) is 5.78 Å². The van der Waals surface area contributed by atoms with Crippen molar-refractivity contribution < 1.29 is 18.7 Å². The molecule has 0 radical (unpaired) electrons. The third kappa shape index (κ3) is 3.60. The van der Waals surface area contributed by atoms with Gasteiger partial charge in [0.1, 0.15) is 23.9 Å². The Morgan fingerprint density at radius 2 is 1.78 bits per heavy atom. The number of carbonyl (C=O) groups excluding carboxylic acids is 1. The highest BCUT2D eigenvalue weighted by atomic mass is 19.1.